The Morgan fingerprint density at radius 2 is 2.00 bits per heavy atom. The summed E-state index contributed by atoms with van der Waals surface area (Å²) >= 11 is 6.21. The van der Waals surface area contributed by atoms with Gasteiger partial charge in [-0.05, 0) is 37.9 Å². The van der Waals surface area contributed by atoms with Crippen LogP contribution in [-0.4, -0.2) is 19.2 Å². The van der Waals surface area contributed by atoms with E-state index in [1.165, 1.54) is 32.1 Å². The topological polar surface area (TPSA) is 21.3 Å². The molecule has 2 atom stereocenters. The first kappa shape index (κ1) is 14.4. The maximum atomic E-state index is 6.25. The van der Waals surface area contributed by atoms with Gasteiger partial charge in [-0.15, -0.1) is 0 Å². The van der Waals surface area contributed by atoms with Crippen LogP contribution in [0.1, 0.15) is 44.1 Å². The van der Waals surface area contributed by atoms with Crippen LogP contribution in [0.3, 0.4) is 0 Å². The van der Waals surface area contributed by atoms with Gasteiger partial charge in [0, 0.05) is 16.5 Å². The fourth-order valence-electron chi connectivity index (χ4n) is 4.07. The van der Waals surface area contributed by atoms with Crippen LogP contribution in [0.15, 0.2) is 24.3 Å². The van der Waals surface area contributed by atoms with E-state index in [1.807, 2.05) is 18.2 Å². The maximum absolute atomic E-state index is 6.25. The summed E-state index contributed by atoms with van der Waals surface area (Å²) in [5.41, 5.74) is 1.49. The zero-order valence-electron chi connectivity index (χ0n) is 12.2. The van der Waals surface area contributed by atoms with Crippen molar-refractivity contribution < 1.29 is 4.74 Å². The largest absolute Gasteiger partial charge is 0.373 e. The normalized spacial score (nSPS) is 28.3. The molecule has 2 saturated carbocycles. The van der Waals surface area contributed by atoms with Crippen molar-refractivity contribution in [3.05, 3.63) is 34.9 Å². The van der Waals surface area contributed by atoms with Crippen molar-refractivity contribution in [1.82, 2.24) is 5.32 Å². The van der Waals surface area contributed by atoms with E-state index in [0.717, 1.165) is 17.0 Å². The van der Waals surface area contributed by atoms with Gasteiger partial charge in [0.1, 0.15) is 0 Å². The molecule has 0 aromatic heterocycles. The highest BCUT2D eigenvalue weighted by molar-refractivity contribution is 6.31. The first-order chi connectivity index (χ1) is 9.76. The molecule has 3 heteroatoms. The van der Waals surface area contributed by atoms with E-state index in [0.29, 0.717) is 24.2 Å². The molecule has 110 valence electrons. The Hall–Kier alpha value is -0.570. The number of ether oxygens (including phenoxy) is 1. The second-order valence-electron chi connectivity index (χ2n) is 6.26. The lowest BCUT2D eigenvalue weighted by Gasteiger charge is -2.57. The van der Waals surface area contributed by atoms with Gasteiger partial charge in [-0.25, -0.2) is 0 Å². The fourth-order valence-corrected chi connectivity index (χ4v) is 4.26. The molecule has 2 unspecified atom stereocenters. The average Bonchev–Trinajstić information content (AvgIpc) is 2.49. The third kappa shape index (κ3) is 2.49. The SMILES string of the molecule is CNC1CC(OCc2ccccc2Cl)C12CCCCC2. The molecule has 0 heterocycles. The van der Waals surface area contributed by atoms with Crippen molar-refractivity contribution in [3.8, 4) is 0 Å². The van der Waals surface area contributed by atoms with Gasteiger partial charge in [0.2, 0.25) is 0 Å². The first-order valence-electron chi connectivity index (χ1n) is 7.78. The molecule has 20 heavy (non-hydrogen) atoms. The molecule has 2 nitrogen and oxygen atoms in total. The zero-order chi connectivity index (χ0) is 14.0. The van der Waals surface area contributed by atoms with E-state index in [-0.39, 0.29) is 0 Å². The van der Waals surface area contributed by atoms with Crippen molar-refractivity contribution in [2.45, 2.75) is 57.3 Å². The lowest BCUT2D eigenvalue weighted by atomic mass is 9.55. The molecule has 2 aliphatic rings. The monoisotopic (exact) mass is 293 g/mol. The van der Waals surface area contributed by atoms with Crippen LogP contribution in [0.2, 0.25) is 5.02 Å². The fraction of sp³-hybridized carbons (Fsp3) is 0.647. The summed E-state index contributed by atoms with van der Waals surface area (Å²) in [6.07, 6.45) is 8.25. The predicted octanol–water partition coefficient (Wildman–Crippen LogP) is 4.17. The van der Waals surface area contributed by atoms with Crippen LogP contribution in [0.25, 0.3) is 0 Å². The maximum Gasteiger partial charge on any atom is 0.0735 e. The molecule has 2 fully saturated rings. The van der Waals surface area contributed by atoms with Gasteiger partial charge in [-0.1, -0.05) is 49.1 Å². The number of hydrogen-bond acceptors (Lipinski definition) is 2. The van der Waals surface area contributed by atoms with Crippen LogP contribution in [0.4, 0.5) is 0 Å². The Kier molecular flexibility index (Phi) is 4.34. The van der Waals surface area contributed by atoms with E-state index in [2.05, 4.69) is 18.4 Å². The van der Waals surface area contributed by atoms with Crippen LogP contribution >= 0.6 is 11.6 Å². The molecule has 1 aromatic rings. The van der Waals surface area contributed by atoms with E-state index >= 15 is 0 Å². The van der Waals surface area contributed by atoms with Gasteiger partial charge < -0.3 is 10.1 Å². The summed E-state index contributed by atoms with van der Waals surface area (Å²) in [6, 6.07) is 8.63. The number of benzene rings is 1. The quantitative estimate of drug-likeness (QED) is 0.900. The molecule has 3 rings (SSSR count). The van der Waals surface area contributed by atoms with Gasteiger partial charge in [-0.3, -0.25) is 0 Å². The molecule has 0 radical (unpaired) electrons. The first-order valence-corrected chi connectivity index (χ1v) is 8.16. The van der Waals surface area contributed by atoms with Gasteiger partial charge >= 0.3 is 0 Å². The Bertz CT molecular complexity index is 456. The number of nitrogens with one attached hydrogen (secondary N) is 1. The third-order valence-electron chi connectivity index (χ3n) is 5.32. The number of rotatable bonds is 4. The van der Waals surface area contributed by atoms with Crippen LogP contribution in [0.5, 0.6) is 0 Å². The van der Waals surface area contributed by atoms with E-state index in [1.54, 1.807) is 0 Å². The summed E-state index contributed by atoms with van der Waals surface area (Å²) in [6.45, 7) is 0.641. The van der Waals surface area contributed by atoms with Gasteiger partial charge in [0.05, 0.1) is 12.7 Å². The molecule has 0 saturated heterocycles. The van der Waals surface area contributed by atoms with Crippen molar-refractivity contribution >= 4 is 11.6 Å². The van der Waals surface area contributed by atoms with Crippen molar-refractivity contribution in [2.24, 2.45) is 5.41 Å². The van der Waals surface area contributed by atoms with Crippen LogP contribution < -0.4 is 5.32 Å². The molecule has 1 aromatic carbocycles. The minimum atomic E-state index is 0.383. The summed E-state index contributed by atoms with van der Waals surface area (Å²) in [5.74, 6) is 0. The smallest absolute Gasteiger partial charge is 0.0735 e. The summed E-state index contributed by atoms with van der Waals surface area (Å²) < 4.78 is 6.25. The minimum Gasteiger partial charge on any atom is -0.373 e. The summed E-state index contributed by atoms with van der Waals surface area (Å²) in [7, 11) is 2.09. The van der Waals surface area contributed by atoms with Crippen molar-refractivity contribution in [3.63, 3.8) is 0 Å². The van der Waals surface area contributed by atoms with Crippen molar-refractivity contribution in [1.29, 1.82) is 0 Å². The predicted molar refractivity (Wildman–Crippen MR) is 83.0 cm³/mol. The van der Waals surface area contributed by atoms with E-state index in [4.69, 9.17) is 16.3 Å². The highest BCUT2D eigenvalue weighted by atomic mass is 35.5. The molecule has 2 aliphatic carbocycles. The molecular formula is C17H24ClNO. The van der Waals surface area contributed by atoms with Gasteiger partial charge in [-0.2, -0.15) is 0 Å². The highest BCUT2D eigenvalue weighted by Gasteiger charge is 2.54. The third-order valence-corrected chi connectivity index (χ3v) is 5.68. The van der Waals surface area contributed by atoms with Crippen LogP contribution in [0, 0.1) is 5.41 Å². The standard InChI is InChI=1S/C17H24ClNO/c1-19-15-11-16(17(15)9-5-2-6-10-17)20-12-13-7-3-4-8-14(13)18/h3-4,7-8,15-16,19H,2,5-6,9-12H2,1H3. The lowest BCUT2D eigenvalue weighted by molar-refractivity contribution is -0.157. The second-order valence-corrected chi connectivity index (χ2v) is 6.67. The molecule has 0 bridgehead atoms. The average molecular weight is 294 g/mol. The molecule has 1 N–H and O–H groups in total. The van der Waals surface area contributed by atoms with Gasteiger partial charge in [0.15, 0.2) is 0 Å². The minimum absolute atomic E-state index is 0.383. The highest BCUT2D eigenvalue weighted by Crippen LogP contribution is 2.53. The summed E-state index contributed by atoms with van der Waals surface area (Å²) in [4.78, 5) is 0. The lowest BCUT2D eigenvalue weighted by Crippen LogP contribution is -2.63. The Labute approximate surface area is 126 Å². The number of hydrogen-bond donors (Lipinski definition) is 1. The zero-order valence-corrected chi connectivity index (χ0v) is 13.0. The van der Waals surface area contributed by atoms with E-state index < -0.39 is 0 Å². The van der Waals surface area contributed by atoms with Gasteiger partial charge in [0.25, 0.3) is 0 Å². The molecular weight excluding hydrogens is 270 g/mol. The van der Waals surface area contributed by atoms with Crippen LogP contribution in [-0.2, 0) is 11.3 Å². The van der Waals surface area contributed by atoms with Crippen molar-refractivity contribution in [2.75, 3.05) is 7.05 Å². The second kappa shape index (κ2) is 6.05. The Balaban J connectivity index is 1.64. The molecule has 0 aliphatic heterocycles. The van der Waals surface area contributed by atoms with E-state index in [9.17, 15) is 0 Å². The Morgan fingerprint density at radius 1 is 1.25 bits per heavy atom. The Morgan fingerprint density at radius 3 is 2.70 bits per heavy atom. The molecule has 0 amide bonds. The number of halogens is 1. The molecule has 1 spiro atoms. The summed E-state index contributed by atoms with van der Waals surface area (Å²) in [5, 5.41) is 4.31.